The zero-order chi connectivity index (χ0) is 40.8. The van der Waals surface area contributed by atoms with Crippen LogP contribution in [0.5, 0.6) is 0 Å². The van der Waals surface area contributed by atoms with Gasteiger partial charge in [-0.15, -0.1) is 79.4 Å². The molecule has 1 N–H and O–H groups in total. The van der Waals surface area contributed by atoms with Gasteiger partial charge in [-0.1, -0.05) is 116 Å². The van der Waals surface area contributed by atoms with Crippen molar-refractivity contribution in [1.82, 2.24) is 0 Å². The normalized spacial score (nSPS) is 11.6. The lowest BCUT2D eigenvalue weighted by molar-refractivity contribution is -0.136. The first-order valence-corrected chi connectivity index (χ1v) is 27.7. The molecule has 7 aromatic heterocycles. The molecule has 0 aliphatic heterocycles. The number of carboxylic acid groups (broad SMARTS) is 1. The molecule has 0 spiro atoms. The van der Waals surface area contributed by atoms with Crippen LogP contribution >= 0.6 is 79.4 Å². The van der Waals surface area contributed by atoms with Crippen molar-refractivity contribution in [2.75, 3.05) is 0 Å². The summed E-state index contributed by atoms with van der Waals surface area (Å²) in [4.78, 5) is 27.9. The van der Waals surface area contributed by atoms with Crippen molar-refractivity contribution in [1.29, 1.82) is 0 Å². The predicted molar refractivity (Wildman–Crippen MR) is 268 cm³/mol. The fourth-order valence-corrected chi connectivity index (χ4v) is 15.6. The van der Waals surface area contributed by atoms with Crippen LogP contribution in [0, 0.1) is 0 Å². The summed E-state index contributed by atoms with van der Waals surface area (Å²) in [6, 6.07) is 24.9. The van der Waals surface area contributed by atoms with Crippen molar-refractivity contribution < 1.29 is 9.90 Å². The van der Waals surface area contributed by atoms with Crippen molar-refractivity contribution in [2.45, 2.75) is 136 Å². The summed E-state index contributed by atoms with van der Waals surface area (Å²) in [5.41, 5.74) is 3.79. The van der Waals surface area contributed by atoms with Gasteiger partial charge >= 0.3 is 5.97 Å². The maximum absolute atomic E-state index is 12.4. The molecule has 0 bridgehead atoms. The number of thiophene rings is 7. The van der Waals surface area contributed by atoms with Crippen LogP contribution in [0.15, 0.2) is 77.5 Å². The summed E-state index contributed by atoms with van der Waals surface area (Å²) in [5.74, 6) is -0.771. The van der Waals surface area contributed by atoms with E-state index in [-0.39, 0.29) is 6.42 Å². The highest BCUT2D eigenvalue weighted by molar-refractivity contribution is 7.31. The maximum atomic E-state index is 12.4. The van der Waals surface area contributed by atoms with Gasteiger partial charge in [0.25, 0.3) is 0 Å². The average molecular weight is 915 g/mol. The quantitative estimate of drug-likeness (QED) is 0.0550. The molecule has 0 unspecified atom stereocenters. The molecule has 7 heterocycles. The molecule has 0 saturated carbocycles. The van der Waals surface area contributed by atoms with E-state index in [2.05, 4.69) is 91.3 Å². The molecule has 0 aliphatic rings. The van der Waals surface area contributed by atoms with Crippen LogP contribution in [-0.4, -0.2) is 11.1 Å². The zero-order valence-electron chi connectivity index (χ0n) is 34.7. The lowest BCUT2D eigenvalue weighted by Gasteiger charge is -2.03. The Balaban J connectivity index is 1.17. The zero-order valence-corrected chi connectivity index (χ0v) is 40.4. The topological polar surface area (TPSA) is 37.3 Å². The van der Waals surface area contributed by atoms with E-state index >= 15 is 0 Å². The number of hydrogen-bond donors (Lipinski definition) is 1. The maximum Gasteiger partial charge on any atom is 0.307 e. The molecule has 59 heavy (non-hydrogen) atoms. The summed E-state index contributed by atoms with van der Waals surface area (Å²) < 4.78 is 0. The molecule has 0 fully saturated rings. The van der Waals surface area contributed by atoms with E-state index in [1.54, 1.807) is 34.0 Å². The monoisotopic (exact) mass is 914 g/mol. The molecule has 0 saturated heterocycles. The molecule has 312 valence electrons. The van der Waals surface area contributed by atoms with E-state index in [1.165, 1.54) is 168 Å². The smallest absolute Gasteiger partial charge is 0.307 e. The molecule has 2 nitrogen and oxygen atoms in total. The standard InChI is InChI=1S/C50H58O2S7/c1-3-5-7-9-11-13-15-17-21-35-31-44(57-48(35)42-27-25-40(55-42)38-23-19-29-53-38)45-33-37(34-47(51)52)50(58-45)46-32-36(22-18-16-14-12-10-8-6-4-2)49(59-46)43-28-26-41(56-43)39-24-20-30-54-39/h19-20,23-33H,3-18,21-22,34H2,1-2H3,(H,51,52). The van der Waals surface area contributed by atoms with Gasteiger partial charge in [-0.3, -0.25) is 4.79 Å². The average Bonchev–Trinajstić information content (AvgIpc) is 4.08. The van der Waals surface area contributed by atoms with Crippen molar-refractivity contribution in [3.05, 3.63) is 94.2 Å². The molecule has 9 heteroatoms. The molecular formula is C50H58O2S7. The molecule has 0 atom stereocenters. The third-order valence-electron chi connectivity index (χ3n) is 11.0. The summed E-state index contributed by atoms with van der Waals surface area (Å²) >= 11 is 13.0. The van der Waals surface area contributed by atoms with Crippen LogP contribution in [0.3, 0.4) is 0 Å². The molecule has 0 aromatic carbocycles. The van der Waals surface area contributed by atoms with Crippen LogP contribution in [-0.2, 0) is 24.1 Å². The highest BCUT2D eigenvalue weighted by atomic mass is 32.1. The largest absolute Gasteiger partial charge is 0.481 e. The lowest BCUT2D eigenvalue weighted by atomic mass is 10.0. The number of unbranched alkanes of at least 4 members (excludes halogenated alkanes) is 14. The van der Waals surface area contributed by atoms with Crippen LogP contribution < -0.4 is 0 Å². The Morgan fingerprint density at radius 1 is 0.424 bits per heavy atom. The number of aryl methyl sites for hydroxylation is 2. The Labute approximate surface area is 380 Å². The molecular weight excluding hydrogens is 857 g/mol. The minimum absolute atomic E-state index is 0.0341. The Hall–Kier alpha value is -2.63. The number of hydrogen-bond acceptors (Lipinski definition) is 8. The Kier molecular flexibility index (Phi) is 17.3. The van der Waals surface area contributed by atoms with E-state index in [4.69, 9.17) is 0 Å². The van der Waals surface area contributed by atoms with Gasteiger partial charge in [-0.25, -0.2) is 0 Å². The van der Waals surface area contributed by atoms with Crippen LogP contribution in [0.4, 0.5) is 0 Å². The van der Waals surface area contributed by atoms with E-state index in [0.717, 1.165) is 23.3 Å². The fourth-order valence-electron chi connectivity index (χ4n) is 7.85. The first-order chi connectivity index (χ1) is 29.0. The Morgan fingerprint density at radius 2 is 0.814 bits per heavy atom. The first-order valence-electron chi connectivity index (χ1n) is 21.9. The van der Waals surface area contributed by atoms with Crippen LogP contribution in [0.25, 0.3) is 58.5 Å². The van der Waals surface area contributed by atoms with Crippen molar-refractivity contribution >= 4 is 85.3 Å². The summed E-state index contributed by atoms with van der Waals surface area (Å²) in [6.45, 7) is 4.57. The van der Waals surface area contributed by atoms with Gasteiger partial charge in [0.15, 0.2) is 0 Å². The SMILES string of the molecule is CCCCCCCCCCc1cc(-c2cc(CC(=O)O)c(-c3cc(CCCCCCCCCC)c(-c4ccc(-c5cccs5)s4)s3)s2)sc1-c1ccc(-c2cccs2)s1. The van der Waals surface area contributed by atoms with Crippen molar-refractivity contribution in [2.24, 2.45) is 0 Å². The minimum Gasteiger partial charge on any atom is -0.481 e. The second-order valence-electron chi connectivity index (χ2n) is 15.7. The van der Waals surface area contributed by atoms with Gasteiger partial charge in [-0.2, -0.15) is 0 Å². The van der Waals surface area contributed by atoms with Crippen LogP contribution in [0.1, 0.15) is 133 Å². The number of carboxylic acids is 1. The molecule has 0 radical (unpaired) electrons. The molecule has 7 aromatic rings. The van der Waals surface area contributed by atoms with Crippen LogP contribution in [0.2, 0.25) is 0 Å². The van der Waals surface area contributed by atoms with Gasteiger partial charge in [-0.05, 0) is 108 Å². The van der Waals surface area contributed by atoms with E-state index < -0.39 is 5.97 Å². The highest BCUT2D eigenvalue weighted by Crippen LogP contribution is 2.50. The molecule has 7 rings (SSSR count). The third-order valence-corrected chi connectivity index (χ3v) is 19.6. The fraction of sp³-hybridized carbons (Fsp3) is 0.420. The van der Waals surface area contributed by atoms with E-state index in [0.29, 0.717) is 0 Å². The lowest BCUT2D eigenvalue weighted by Crippen LogP contribution is -1.99. The molecule has 0 aliphatic carbocycles. The number of rotatable bonds is 26. The summed E-state index contributed by atoms with van der Waals surface area (Å²) in [5, 5.41) is 14.5. The van der Waals surface area contributed by atoms with Crippen molar-refractivity contribution in [3.8, 4) is 58.5 Å². The second-order valence-corrected chi connectivity index (χ2v) is 22.9. The third kappa shape index (κ3) is 12.3. The summed E-state index contributed by atoms with van der Waals surface area (Å²) in [6.07, 6.45) is 23.1. The van der Waals surface area contributed by atoms with E-state index in [9.17, 15) is 9.90 Å². The Bertz CT molecular complexity index is 2290. The summed E-state index contributed by atoms with van der Waals surface area (Å²) in [7, 11) is 0. The van der Waals surface area contributed by atoms with Gasteiger partial charge < -0.3 is 5.11 Å². The predicted octanol–water partition coefficient (Wildman–Crippen LogP) is 19.1. The number of aliphatic carboxylic acids is 1. The van der Waals surface area contributed by atoms with Gasteiger partial charge in [0.05, 0.1) is 6.42 Å². The first kappa shape index (κ1) is 44.4. The highest BCUT2D eigenvalue weighted by Gasteiger charge is 2.23. The minimum atomic E-state index is -0.771. The van der Waals surface area contributed by atoms with Gasteiger partial charge in [0, 0.05) is 58.5 Å². The Morgan fingerprint density at radius 3 is 1.25 bits per heavy atom. The van der Waals surface area contributed by atoms with Gasteiger partial charge in [0.1, 0.15) is 0 Å². The van der Waals surface area contributed by atoms with Gasteiger partial charge in [0.2, 0.25) is 0 Å². The number of carbonyl (C=O) groups is 1. The van der Waals surface area contributed by atoms with E-state index in [1.807, 2.05) is 45.3 Å². The van der Waals surface area contributed by atoms with Crippen molar-refractivity contribution in [3.63, 3.8) is 0 Å². The second kappa shape index (κ2) is 23.0. The molecule has 0 amide bonds.